The fraction of sp³-hybridized carbons (Fsp3) is 0.350. The van der Waals surface area contributed by atoms with E-state index < -0.39 is 15.7 Å². The third-order valence-corrected chi connectivity index (χ3v) is 7.28. The first-order chi connectivity index (χ1) is 15.2. The molecule has 3 aromatic rings. The molecule has 0 fully saturated rings. The van der Waals surface area contributed by atoms with Crippen molar-refractivity contribution in [1.82, 2.24) is 19.9 Å². The second-order valence-corrected chi connectivity index (χ2v) is 10.1. The molecular weight excluding hydrogens is 457 g/mol. The summed E-state index contributed by atoms with van der Waals surface area (Å²) >= 11 is 0.914. The number of sulfone groups is 1. The number of hydrogen-bond acceptors (Lipinski definition) is 10. The summed E-state index contributed by atoms with van der Waals surface area (Å²) in [5.74, 6) is -0.307. The molecular formula is C20H24FN5O4S2. The van der Waals surface area contributed by atoms with Crippen LogP contribution in [0.25, 0.3) is 0 Å². The van der Waals surface area contributed by atoms with E-state index in [4.69, 9.17) is 9.47 Å². The molecule has 0 amide bonds. The molecule has 2 aromatic heterocycles. The van der Waals surface area contributed by atoms with Crippen molar-refractivity contribution in [2.75, 3.05) is 39.2 Å². The lowest BCUT2D eigenvalue weighted by atomic mass is 10.3. The maximum Gasteiger partial charge on any atom is 0.255 e. The molecule has 2 heterocycles. The molecule has 32 heavy (non-hydrogen) atoms. The molecule has 0 aliphatic rings. The second-order valence-electron chi connectivity index (χ2n) is 6.92. The van der Waals surface area contributed by atoms with E-state index in [9.17, 15) is 12.8 Å². The molecule has 0 saturated heterocycles. The molecule has 0 bridgehead atoms. The Morgan fingerprint density at radius 2 is 2.00 bits per heavy atom. The SMILES string of the molecule is CCOc1cccc(S(=O)(=O)c2cnc(Nc3nc(C)c(F)c(OCCN(C)C)n3)s2)c1. The van der Waals surface area contributed by atoms with Crippen LogP contribution in [-0.2, 0) is 9.84 Å². The van der Waals surface area contributed by atoms with Crippen molar-refractivity contribution in [2.24, 2.45) is 0 Å². The Morgan fingerprint density at radius 1 is 1.22 bits per heavy atom. The standard InChI is InChI=1S/C20H24FN5O4S2/c1-5-29-14-7-6-8-15(11-14)32(27,28)16-12-22-20(31-16)25-19-23-13(2)17(21)18(24-19)30-10-9-26(3)4/h6-8,11-12H,5,9-10H2,1-4H3,(H,22,23,24,25). The smallest absolute Gasteiger partial charge is 0.255 e. The number of thiazole rings is 1. The summed E-state index contributed by atoms with van der Waals surface area (Å²) in [7, 11) is -0.0404. The second kappa shape index (κ2) is 10.2. The monoisotopic (exact) mass is 481 g/mol. The summed E-state index contributed by atoms with van der Waals surface area (Å²) in [5.41, 5.74) is 0.0968. The van der Waals surface area contributed by atoms with E-state index in [0.717, 1.165) is 11.3 Å². The topological polar surface area (TPSA) is 107 Å². The van der Waals surface area contributed by atoms with Gasteiger partial charge in [-0.05, 0) is 46.1 Å². The average molecular weight is 482 g/mol. The highest BCUT2D eigenvalue weighted by Crippen LogP contribution is 2.31. The maximum absolute atomic E-state index is 14.3. The summed E-state index contributed by atoms with van der Waals surface area (Å²) in [5, 5.41) is 3.07. The number of likely N-dealkylation sites (N-methyl/N-ethyl adjacent to an activating group) is 1. The van der Waals surface area contributed by atoms with Crippen LogP contribution in [-0.4, -0.2) is 62.1 Å². The van der Waals surface area contributed by atoms with E-state index in [0.29, 0.717) is 18.9 Å². The van der Waals surface area contributed by atoms with E-state index in [1.165, 1.54) is 25.3 Å². The van der Waals surface area contributed by atoms with Crippen LogP contribution in [0.2, 0.25) is 0 Å². The average Bonchev–Trinajstić information content (AvgIpc) is 3.21. The van der Waals surface area contributed by atoms with Crippen molar-refractivity contribution in [2.45, 2.75) is 23.0 Å². The molecule has 0 unspecified atom stereocenters. The van der Waals surface area contributed by atoms with Gasteiger partial charge in [0, 0.05) is 6.54 Å². The number of anilines is 2. The van der Waals surface area contributed by atoms with Crippen LogP contribution in [0.4, 0.5) is 15.5 Å². The van der Waals surface area contributed by atoms with Gasteiger partial charge in [0.25, 0.3) is 5.88 Å². The van der Waals surface area contributed by atoms with Gasteiger partial charge in [-0.2, -0.15) is 9.37 Å². The van der Waals surface area contributed by atoms with Crippen LogP contribution in [0.15, 0.2) is 39.6 Å². The Morgan fingerprint density at radius 3 is 2.72 bits per heavy atom. The fourth-order valence-corrected chi connectivity index (χ4v) is 5.02. The zero-order valence-corrected chi connectivity index (χ0v) is 19.8. The quantitative estimate of drug-likeness (QED) is 0.467. The van der Waals surface area contributed by atoms with Gasteiger partial charge in [0.2, 0.25) is 21.6 Å². The summed E-state index contributed by atoms with van der Waals surface area (Å²) in [6.45, 7) is 4.57. The van der Waals surface area contributed by atoms with E-state index >= 15 is 0 Å². The third kappa shape index (κ3) is 5.69. The number of rotatable bonds is 10. The first kappa shape index (κ1) is 23.8. The van der Waals surface area contributed by atoms with Crippen molar-refractivity contribution in [1.29, 1.82) is 0 Å². The number of nitrogens with zero attached hydrogens (tertiary/aromatic N) is 4. The fourth-order valence-electron chi connectivity index (χ4n) is 2.56. The molecule has 3 rings (SSSR count). The normalized spacial score (nSPS) is 11.6. The molecule has 0 saturated carbocycles. The largest absolute Gasteiger partial charge is 0.494 e. The van der Waals surface area contributed by atoms with Gasteiger partial charge in [-0.15, -0.1) is 0 Å². The molecule has 172 valence electrons. The number of aryl methyl sites for hydroxylation is 1. The van der Waals surface area contributed by atoms with Gasteiger partial charge in [-0.25, -0.2) is 18.4 Å². The van der Waals surface area contributed by atoms with Crippen LogP contribution in [0.5, 0.6) is 11.6 Å². The summed E-state index contributed by atoms with van der Waals surface area (Å²) < 4.78 is 51.1. The molecule has 1 N–H and O–H groups in total. The Hall–Kier alpha value is -2.83. The molecule has 1 aromatic carbocycles. The van der Waals surface area contributed by atoms with Gasteiger partial charge >= 0.3 is 0 Å². The van der Waals surface area contributed by atoms with Crippen LogP contribution >= 0.6 is 11.3 Å². The number of aromatic nitrogens is 3. The van der Waals surface area contributed by atoms with E-state index in [1.807, 2.05) is 25.9 Å². The van der Waals surface area contributed by atoms with Gasteiger partial charge < -0.3 is 14.4 Å². The van der Waals surface area contributed by atoms with Gasteiger partial charge in [0.15, 0.2) is 5.13 Å². The first-order valence-corrected chi connectivity index (χ1v) is 12.0. The van der Waals surface area contributed by atoms with Crippen LogP contribution in [0.3, 0.4) is 0 Å². The molecule has 0 radical (unpaired) electrons. The predicted molar refractivity (Wildman–Crippen MR) is 119 cm³/mol. The van der Waals surface area contributed by atoms with Gasteiger partial charge in [-0.3, -0.25) is 5.32 Å². The summed E-state index contributed by atoms with van der Waals surface area (Å²) in [4.78, 5) is 14.2. The first-order valence-electron chi connectivity index (χ1n) is 9.73. The number of halogens is 1. The zero-order chi connectivity index (χ0) is 23.3. The van der Waals surface area contributed by atoms with Crippen LogP contribution in [0.1, 0.15) is 12.6 Å². The highest BCUT2D eigenvalue weighted by Gasteiger charge is 2.22. The molecule has 0 atom stereocenters. The number of nitrogens with one attached hydrogen (secondary N) is 1. The summed E-state index contributed by atoms with van der Waals surface area (Å²) in [6.07, 6.45) is 1.25. The third-order valence-electron chi connectivity index (χ3n) is 4.16. The predicted octanol–water partition coefficient (Wildman–Crippen LogP) is 3.30. The van der Waals surface area contributed by atoms with Crippen molar-refractivity contribution in [3.63, 3.8) is 0 Å². The lowest BCUT2D eigenvalue weighted by molar-refractivity contribution is 0.243. The van der Waals surface area contributed by atoms with Gasteiger partial charge in [0.1, 0.15) is 16.6 Å². The number of benzene rings is 1. The zero-order valence-electron chi connectivity index (χ0n) is 18.1. The Labute approximate surface area is 190 Å². The highest BCUT2D eigenvalue weighted by molar-refractivity contribution is 7.93. The van der Waals surface area contributed by atoms with Crippen molar-refractivity contribution < 1.29 is 22.3 Å². The van der Waals surface area contributed by atoms with Crippen molar-refractivity contribution in [3.8, 4) is 11.6 Å². The highest BCUT2D eigenvalue weighted by atomic mass is 32.2. The minimum absolute atomic E-state index is 0.0370. The van der Waals surface area contributed by atoms with Gasteiger partial charge in [-0.1, -0.05) is 17.4 Å². The molecule has 0 aliphatic heterocycles. The minimum atomic E-state index is -3.79. The Balaban J connectivity index is 1.80. The van der Waals surface area contributed by atoms with E-state index in [-0.39, 0.29) is 38.4 Å². The molecule has 0 spiro atoms. The molecule has 12 heteroatoms. The lowest BCUT2D eigenvalue weighted by Crippen LogP contribution is -2.20. The van der Waals surface area contributed by atoms with E-state index in [1.54, 1.807) is 12.1 Å². The van der Waals surface area contributed by atoms with E-state index in [2.05, 4.69) is 20.3 Å². The minimum Gasteiger partial charge on any atom is -0.494 e. The van der Waals surface area contributed by atoms with Crippen molar-refractivity contribution in [3.05, 3.63) is 42.0 Å². The molecule has 0 aliphatic carbocycles. The maximum atomic E-state index is 14.3. The Bertz CT molecular complexity index is 1180. The Kier molecular flexibility index (Phi) is 7.59. The van der Waals surface area contributed by atoms with Gasteiger partial charge in [0.05, 0.1) is 23.4 Å². The number of hydrogen-bond donors (Lipinski definition) is 1. The van der Waals surface area contributed by atoms with Crippen molar-refractivity contribution >= 4 is 32.3 Å². The summed E-state index contributed by atoms with van der Waals surface area (Å²) in [6, 6.07) is 6.27. The van der Waals surface area contributed by atoms with Crippen LogP contribution < -0.4 is 14.8 Å². The lowest BCUT2D eigenvalue weighted by Gasteiger charge is -2.12. The molecule has 9 nitrogen and oxygen atoms in total. The number of ether oxygens (including phenoxy) is 2. The van der Waals surface area contributed by atoms with Crippen LogP contribution in [0, 0.1) is 12.7 Å².